The largest absolute Gasteiger partial charge is 0.397 e. The molecule has 0 aliphatic heterocycles. The van der Waals surface area contributed by atoms with E-state index in [0.29, 0.717) is 0 Å². The van der Waals surface area contributed by atoms with E-state index >= 15 is 0 Å². The van der Waals surface area contributed by atoms with Crippen molar-refractivity contribution in [1.82, 2.24) is 0 Å². The molecule has 13 heavy (non-hydrogen) atoms. The molecule has 72 valence electrons. The number of thiophene rings is 1. The Labute approximate surface area is 91.5 Å². The van der Waals surface area contributed by atoms with Crippen molar-refractivity contribution in [1.29, 1.82) is 0 Å². The molecule has 0 bridgehead atoms. The maximum absolute atomic E-state index is 6.06. The molecule has 2 rings (SSSR count). The van der Waals surface area contributed by atoms with Crippen molar-refractivity contribution in [2.75, 3.05) is 5.73 Å². The summed E-state index contributed by atoms with van der Waals surface area (Å²) >= 11 is 5.33. The summed E-state index contributed by atoms with van der Waals surface area (Å²) in [6.07, 6.45) is 3.76. The van der Waals surface area contributed by atoms with Gasteiger partial charge in [-0.3, -0.25) is 0 Å². The first-order valence-corrected chi connectivity index (χ1v) is 6.20. The van der Waals surface area contributed by atoms with E-state index in [2.05, 4.69) is 29.8 Å². The van der Waals surface area contributed by atoms with Crippen LogP contribution in [0.15, 0.2) is 3.79 Å². The summed E-state index contributed by atoms with van der Waals surface area (Å²) in [5, 5.41) is 0. The summed E-state index contributed by atoms with van der Waals surface area (Å²) in [7, 11) is 0. The molecule has 0 spiro atoms. The number of anilines is 1. The summed E-state index contributed by atoms with van der Waals surface area (Å²) in [4.78, 5) is 1.49. The van der Waals surface area contributed by atoms with Crippen LogP contribution >= 0.6 is 27.3 Å². The molecule has 0 saturated carbocycles. The quantitative estimate of drug-likeness (QED) is 0.756. The summed E-state index contributed by atoms with van der Waals surface area (Å²) in [6, 6.07) is 0. The maximum Gasteiger partial charge on any atom is 0.0933 e. The number of halogens is 1. The minimum Gasteiger partial charge on any atom is -0.397 e. The van der Waals surface area contributed by atoms with Gasteiger partial charge in [0.2, 0.25) is 0 Å². The Morgan fingerprint density at radius 3 is 2.77 bits per heavy atom. The zero-order valence-corrected chi connectivity index (χ0v) is 10.4. The van der Waals surface area contributed by atoms with Crippen LogP contribution in [0.2, 0.25) is 0 Å². The number of fused-ring (bicyclic) bond motifs is 1. The van der Waals surface area contributed by atoms with Crippen LogP contribution in [0.25, 0.3) is 0 Å². The average molecular weight is 260 g/mol. The standard InChI is InChI=1S/C10H14BrNS/c1-10(2)5-3-4-6-7(10)8(12)9(11)13-6/h3-5,12H2,1-2H3. The Morgan fingerprint density at radius 2 is 2.15 bits per heavy atom. The van der Waals surface area contributed by atoms with Crippen LogP contribution < -0.4 is 5.73 Å². The van der Waals surface area contributed by atoms with Crippen LogP contribution in [0.1, 0.15) is 37.1 Å². The molecule has 0 aromatic carbocycles. The Balaban J connectivity index is 2.61. The fraction of sp³-hybridized carbons (Fsp3) is 0.600. The van der Waals surface area contributed by atoms with Crippen molar-refractivity contribution in [2.45, 2.75) is 38.5 Å². The van der Waals surface area contributed by atoms with E-state index in [-0.39, 0.29) is 5.41 Å². The van der Waals surface area contributed by atoms with E-state index in [4.69, 9.17) is 5.73 Å². The van der Waals surface area contributed by atoms with Gasteiger partial charge in [0.25, 0.3) is 0 Å². The molecule has 1 heterocycles. The molecule has 1 aliphatic carbocycles. The van der Waals surface area contributed by atoms with Crippen LogP contribution in [0.5, 0.6) is 0 Å². The average Bonchev–Trinajstić information content (AvgIpc) is 2.28. The van der Waals surface area contributed by atoms with Gasteiger partial charge in [-0.15, -0.1) is 11.3 Å². The third-order valence-corrected chi connectivity index (χ3v) is 4.82. The van der Waals surface area contributed by atoms with Gasteiger partial charge in [-0.25, -0.2) is 0 Å². The normalized spacial score (nSPS) is 19.9. The fourth-order valence-corrected chi connectivity index (χ4v) is 4.14. The lowest BCUT2D eigenvalue weighted by Gasteiger charge is -2.30. The van der Waals surface area contributed by atoms with Crippen molar-refractivity contribution in [3.8, 4) is 0 Å². The lowest BCUT2D eigenvalue weighted by atomic mass is 9.75. The predicted octanol–water partition coefficient (Wildman–Crippen LogP) is 3.71. The Hall–Kier alpha value is -0.0200. The second-order valence-electron chi connectivity index (χ2n) is 4.33. The molecule has 0 fully saturated rings. The first-order valence-electron chi connectivity index (χ1n) is 4.59. The molecule has 0 atom stereocenters. The summed E-state index contributed by atoms with van der Waals surface area (Å²) < 4.78 is 1.12. The molecule has 1 nitrogen and oxygen atoms in total. The van der Waals surface area contributed by atoms with Crippen LogP contribution in [0.3, 0.4) is 0 Å². The maximum atomic E-state index is 6.06. The van der Waals surface area contributed by atoms with E-state index in [1.165, 1.54) is 29.7 Å². The number of nitrogen functional groups attached to an aromatic ring is 1. The number of nitrogens with two attached hydrogens (primary N) is 1. The smallest absolute Gasteiger partial charge is 0.0933 e. The van der Waals surface area contributed by atoms with Crippen LogP contribution in [-0.4, -0.2) is 0 Å². The highest BCUT2D eigenvalue weighted by molar-refractivity contribution is 9.11. The molecule has 2 N–H and O–H groups in total. The van der Waals surface area contributed by atoms with Crippen molar-refractivity contribution in [2.24, 2.45) is 0 Å². The van der Waals surface area contributed by atoms with Crippen molar-refractivity contribution in [3.63, 3.8) is 0 Å². The zero-order valence-electron chi connectivity index (χ0n) is 7.98. The number of hydrogen-bond acceptors (Lipinski definition) is 2. The van der Waals surface area contributed by atoms with Gasteiger partial charge in [0.15, 0.2) is 0 Å². The predicted molar refractivity (Wildman–Crippen MR) is 62.4 cm³/mol. The lowest BCUT2D eigenvalue weighted by molar-refractivity contribution is 0.438. The SMILES string of the molecule is CC1(C)CCCc2sc(Br)c(N)c21. The molecule has 0 unspecified atom stereocenters. The first-order chi connectivity index (χ1) is 6.02. The second kappa shape index (κ2) is 2.99. The molecule has 0 amide bonds. The number of rotatable bonds is 0. The van der Waals surface area contributed by atoms with Gasteiger partial charge in [-0.2, -0.15) is 0 Å². The Bertz CT molecular complexity index is 341. The third-order valence-electron chi connectivity index (χ3n) is 2.86. The molecule has 3 heteroatoms. The van der Waals surface area contributed by atoms with E-state index < -0.39 is 0 Å². The van der Waals surface area contributed by atoms with Crippen molar-refractivity contribution < 1.29 is 0 Å². The fourth-order valence-electron chi connectivity index (χ4n) is 2.20. The topological polar surface area (TPSA) is 26.0 Å². The molecule has 1 aliphatic rings. The van der Waals surface area contributed by atoms with E-state index in [0.717, 1.165) is 9.47 Å². The van der Waals surface area contributed by atoms with E-state index in [9.17, 15) is 0 Å². The van der Waals surface area contributed by atoms with Crippen LogP contribution in [0.4, 0.5) is 5.69 Å². The van der Waals surface area contributed by atoms with Crippen LogP contribution in [-0.2, 0) is 11.8 Å². The van der Waals surface area contributed by atoms with E-state index in [1.54, 1.807) is 0 Å². The molecular weight excluding hydrogens is 246 g/mol. The van der Waals surface area contributed by atoms with Gasteiger partial charge in [-0.1, -0.05) is 13.8 Å². The first kappa shape index (κ1) is 9.53. The molecule has 0 radical (unpaired) electrons. The molecule has 1 aromatic rings. The highest BCUT2D eigenvalue weighted by Gasteiger charge is 2.32. The van der Waals surface area contributed by atoms with Gasteiger partial charge in [0, 0.05) is 4.88 Å². The minimum absolute atomic E-state index is 0.278. The monoisotopic (exact) mass is 259 g/mol. The summed E-state index contributed by atoms with van der Waals surface area (Å²) in [5.41, 5.74) is 8.72. The minimum atomic E-state index is 0.278. The van der Waals surface area contributed by atoms with Crippen molar-refractivity contribution >= 4 is 33.0 Å². The lowest BCUT2D eigenvalue weighted by Crippen LogP contribution is -2.23. The van der Waals surface area contributed by atoms with E-state index in [1.807, 2.05) is 11.3 Å². The highest BCUT2D eigenvalue weighted by atomic mass is 79.9. The Morgan fingerprint density at radius 1 is 1.46 bits per heavy atom. The van der Waals surface area contributed by atoms with Gasteiger partial charge in [0.05, 0.1) is 9.47 Å². The van der Waals surface area contributed by atoms with Gasteiger partial charge < -0.3 is 5.73 Å². The Kier molecular flexibility index (Phi) is 2.19. The van der Waals surface area contributed by atoms with Gasteiger partial charge in [0.1, 0.15) is 0 Å². The van der Waals surface area contributed by atoms with Gasteiger partial charge >= 0.3 is 0 Å². The van der Waals surface area contributed by atoms with Crippen molar-refractivity contribution in [3.05, 3.63) is 14.2 Å². The highest BCUT2D eigenvalue weighted by Crippen LogP contribution is 2.47. The third kappa shape index (κ3) is 1.42. The van der Waals surface area contributed by atoms with Gasteiger partial charge in [-0.05, 0) is 46.2 Å². The summed E-state index contributed by atoms with van der Waals surface area (Å²) in [5.74, 6) is 0. The second-order valence-corrected chi connectivity index (χ2v) is 6.75. The van der Waals surface area contributed by atoms with Crippen LogP contribution in [0, 0.1) is 0 Å². The summed E-state index contributed by atoms with van der Waals surface area (Å²) in [6.45, 7) is 4.58. The molecule has 0 saturated heterocycles. The molecule has 1 aromatic heterocycles. The molecular formula is C10H14BrNS. The zero-order chi connectivity index (χ0) is 9.64. The number of aryl methyl sites for hydroxylation is 1. The number of hydrogen-bond donors (Lipinski definition) is 1.